The van der Waals surface area contributed by atoms with Crippen LogP contribution in [0.2, 0.25) is 0 Å². The first kappa shape index (κ1) is 14.9. The normalized spacial score (nSPS) is 24.4. The van der Waals surface area contributed by atoms with Crippen LogP contribution in [0.5, 0.6) is 0 Å². The summed E-state index contributed by atoms with van der Waals surface area (Å²) in [6.45, 7) is 1.45. The lowest BCUT2D eigenvalue weighted by atomic mass is 9.92. The van der Waals surface area contributed by atoms with Crippen molar-refractivity contribution in [2.75, 3.05) is 18.0 Å². The van der Waals surface area contributed by atoms with Gasteiger partial charge in [-0.1, -0.05) is 11.2 Å². The second-order valence-corrected chi connectivity index (χ2v) is 6.36. The van der Waals surface area contributed by atoms with Gasteiger partial charge in [-0.3, -0.25) is 14.9 Å². The Hall–Kier alpha value is -2.70. The zero-order valence-corrected chi connectivity index (χ0v) is 13.0. The van der Waals surface area contributed by atoms with E-state index in [-0.39, 0.29) is 17.7 Å². The molecule has 0 saturated carbocycles. The molecule has 1 N–H and O–H groups in total. The van der Waals surface area contributed by atoms with E-state index in [9.17, 15) is 14.4 Å². The molecule has 2 fully saturated rings. The molecule has 1 aromatic carbocycles. The molecule has 2 aromatic rings. The van der Waals surface area contributed by atoms with Crippen LogP contribution >= 0.6 is 0 Å². The number of fused-ring (bicyclic) bond motifs is 1. The van der Waals surface area contributed by atoms with Crippen LogP contribution < -0.4 is 10.2 Å². The van der Waals surface area contributed by atoms with E-state index < -0.39 is 5.92 Å². The van der Waals surface area contributed by atoms with Gasteiger partial charge in [0.1, 0.15) is 12.0 Å². The number of carbonyl (C=O) groups is 3. The SMILES string of the molecule is O=C[C@H]1CCN(c2cccc3c(C4CCC(=O)NC4=O)noc23)C1. The molecule has 2 amide bonds. The average molecular weight is 327 g/mol. The highest BCUT2D eigenvalue weighted by Crippen LogP contribution is 2.36. The summed E-state index contributed by atoms with van der Waals surface area (Å²) < 4.78 is 5.54. The molecule has 1 unspecified atom stereocenters. The van der Waals surface area contributed by atoms with Gasteiger partial charge in [0.25, 0.3) is 0 Å². The summed E-state index contributed by atoms with van der Waals surface area (Å²) >= 11 is 0. The van der Waals surface area contributed by atoms with Crippen molar-refractivity contribution in [2.24, 2.45) is 5.92 Å². The van der Waals surface area contributed by atoms with Crippen molar-refractivity contribution in [3.63, 3.8) is 0 Å². The molecule has 3 heterocycles. The Kier molecular flexibility index (Phi) is 3.55. The molecule has 2 aliphatic heterocycles. The van der Waals surface area contributed by atoms with Crippen LogP contribution in [-0.2, 0) is 14.4 Å². The van der Waals surface area contributed by atoms with Gasteiger partial charge in [-0.15, -0.1) is 0 Å². The third-order valence-electron chi connectivity index (χ3n) is 4.83. The number of hydrogen-bond acceptors (Lipinski definition) is 6. The second-order valence-electron chi connectivity index (χ2n) is 6.36. The van der Waals surface area contributed by atoms with Gasteiger partial charge in [-0.2, -0.15) is 0 Å². The number of piperidine rings is 1. The highest BCUT2D eigenvalue weighted by Gasteiger charge is 2.33. The van der Waals surface area contributed by atoms with Gasteiger partial charge in [-0.05, 0) is 25.0 Å². The molecule has 124 valence electrons. The van der Waals surface area contributed by atoms with Crippen LogP contribution in [0.4, 0.5) is 5.69 Å². The molecule has 7 nitrogen and oxygen atoms in total. The number of para-hydroxylation sites is 1. The minimum absolute atomic E-state index is 0.0396. The zero-order chi connectivity index (χ0) is 16.7. The lowest BCUT2D eigenvalue weighted by Crippen LogP contribution is -2.39. The molecule has 24 heavy (non-hydrogen) atoms. The van der Waals surface area contributed by atoms with E-state index in [0.717, 1.165) is 30.3 Å². The van der Waals surface area contributed by atoms with E-state index in [1.807, 2.05) is 18.2 Å². The van der Waals surface area contributed by atoms with Gasteiger partial charge in [0.2, 0.25) is 11.8 Å². The smallest absolute Gasteiger partial charge is 0.235 e. The second kappa shape index (κ2) is 5.74. The quantitative estimate of drug-likeness (QED) is 0.676. The maximum atomic E-state index is 12.1. The fraction of sp³-hybridized carbons (Fsp3) is 0.412. The van der Waals surface area contributed by atoms with Gasteiger partial charge in [0.15, 0.2) is 5.58 Å². The number of anilines is 1. The van der Waals surface area contributed by atoms with Gasteiger partial charge in [0.05, 0.1) is 11.6 Å². The highest BCUT2D eigenvalue weighted by atomic mass is 16.5. The number of hydrogen-bond donors (Lipinski definition) is 1. The fourth-order valence-electron chi connectivity index (χ4n) is 3.54. The van der Waals surface area contributed by atoms with Crippen LogP contribution in [0.15, 0.2) is 22.7 Å². The van der Waals surface area contributed by atoms with Crippen LogP contribution in [0.1, 0.15) is 30.9 Å². The molecule has 1 aromatic heterocycles. The Labute approximate surface area is 138 Å². The lowest BCUT2D eigenvalue weighted by molar-refractivity contribution is -0.134. The van der Waals surface area contributed by atoms with Crippen molar-refractivity contribution in [2.45, 2.75) is 25.2 Å². The maximum Gasteiger partial charge on any atom is 0.235 e. The van der Waals surface area contributed by atoms with Crippen molar-refractivity contribution < 1.29 is 18.9 Å². The van der Waals surface area contributed by atoms with E-state index >= 15 is 0 Å². The number of carbonyl (C=O) groups excluding carboxylic acids is 3. The molecule has 0 radical (unpaired) electrons. The summed E-state index contributed by atoms with van der Waals surface area (Å²) in [5.74, 6) is -1.01. The van der Waals surface area contributed by atoms with Gasteiger partial charge >= 0.3 is 0 Å². The van der Waals surface area contributed by atoms with Crippen molar-refractivity contribution in [3.8, 4) is 0 Å². The van der Waals surface area contributed by atoms with E-state index in [4.69, 9.17) is 4.52 Å². The molecule has 0 bridgehead atoms. The largest absolute Gasteiger partial charge is 0.368 e. The molecule has 0 aliphatic carbocycles. The number of nitrogens with zero attached hydrogens (tertiary/aromatic N) is 2. The highest BCUT2D eigenvalue weighted by molar-refractivity contribution is 6.03. The van der Waals surface area contributed by atoms with Gasteiger partial charge in [-0.25, -0.2) is 0 Å². The Morgan fingerprint density at radius 1 is 1.29 bits per heavy atom. The fourth-order valence-corrected chi connectivity index (χ4v) is 3.54. The van der Waals surface area contributed by atoms with Crippen LogP contribution in [-0.4, -0.2) is 36.3 Å². The van der Waals surface area contributed by atoms with Crippen molar-refractivity contribution in [1.29, 1.82) is 0 Å². The third kappa shape index (κ3) is 2.36. The van der Waals surface area contributed by atoms with E-state index in [2.05, 4.69) is 15.4 Å². The molecule has 2 aliphatic rings. The Bertz CT molecular complexity index is 828. The average Bonchev–Trinajstić information content (AvgIpc) is 3.21. The Morgan fingerprint density at radius 2 is 2.17 bits per heavy atom. The van der Waals surface area contributed by atoms with Gasteiger partial charge in [0, 0.05) is 30.8 Å². The first-order valence-corrected chi connectivity index (χ1v) is 8.09. The van der Waals surface area contributed by atoms with Crippen LogP contribution in [0, 0.1) is 5.92 Å². The number of benzene rings is 1. The molecular formula is C17H17N3O4. The van der Waals surface area contributed by atoms with Crippen LogP contribution in [0.25, 0.3) is 11.0 Å². The lowest BCUT2D eigenvalue weighted by Gasteiger charge is -2.19. The predicted molar refractivity (Wildman–Crippen MR) is 85.5 cm³/mol. The molecule has 2 atom stereocenters. The van der Waals surface area contributed by atoms with E-state index in [1.165, 1.54) is 0 Å². The first-order valence-electron chi connectivity index (χ1n) is 8.09. The minimum Gasteiger partial charge on any atom is -0.368 e. The van der Waals surface area contributed by atoms with Crippen molar-refractivity contribution in [3.05, 3.63) is 23.9 Å². The van der Waals surface area contributed by atoms with Gasteiger partial charge < -0.3 is 14.2 Å². The number of aromatic nitrogens is 1. The first-order chi connectivity index (χ1) is 11.7. The predicted octanol–water partition coefficient (Wildman–Crippen LogP) is 1.37. The Balaban J connectivity index is 1.70. The third-order valence-corrected chi connectivity index (χ3v) is 4.83. The van der Waals surface area contributed by atoms with Crippen molar-refractivity contribution in [1.82, 2.24) is 10.5 Å². The summed E-state index contributed by atoms with van der Waals surface area (Å²) in [4.78, 5) is 36.5. The zero-order valence-electron chi connectivity index (χ0n) is 13.0. The summed E-state index contributed by atoms with van der Waals surface area (Å²) in [7, 11) is 0. The monoisotopic (exact) mass is 327 g/mol. The molecule has 0 spiro atoms. The maximum absolute atomic E-state index is 12.1. The summed E-state index contributed by atoms with van der Waals surface area (Å²) in [6.07, 6.45) is 2.56. The van der Waals surface area contributed by atoms with E-state index in [1.54, 1.807) is 0 Å². The number of rotatable bonds is 3. The standard InChI is InChI=1S/C17H17N3O4/c21-9-10-6-7-20(8-10)13-3-1-2-11-15(19-24-16(11)13)12-4-5-14(22)18-17(12)23/h1-3,9-10,12H,4-8H2,(H,18,22,23)/t10-,12?/m0/s1. The van der Waals surface area contributed by atoms with Crippen LogP contribution in [0.3, 0.4) is 0 Å². The number of nitrogens with one attached hydrogen (secondary N) is 1. The number of aldehydes is 1. The van der Waals surface area contributed by atoms with Crippen molar-refractivity contribution >= 4 is 34.8 Å². The number of amides is 2. The summed E-state index contributed by atoms with van der Waals surface area (Å²) in [6, 6.07) is 5.72. The molecule has 4 rings (SSSR count). The molecule has 2 saturated heterocycles. The summed E-state index contributed by atoms with van der Waals surface area (Å²) in [5.41, 5.74) is 2.09. The minimum atomic E-state index is -0.472. The number of imide groups is 1. The topological polar surface area (TPSA) is 92.5 Å². The summed E-state index contributed by atoms with van der Waals surface area (Å²) in [5, 5.41) is 7.27. The van der Waals surface area contributed by atoms with E-state index in [0.29, 0.717) is 30.7 Å². The Morgan fingerprint density at radius 3 is 2.92 bits per heavy atom. The molecule has 7 heteroatoms. The molecular weight excluding hydrogens is 310 g/mol.